The lowest BCUT2D eigenvalue weighted by atomic mass is 9.94. The van der Waals surface area contributed by atoms with Crippen molar-refractivity contribution in [1.82, 2.24) is 9.97 Å². The number of carboxylic acids is 1. The molecule has 1 unspecified atom stereocenters. The molecular weight excluding hydrogens is 524 g/mol. The van der Waals surface area contributed by atoms with Gasteiger partial charge in [0.15, 0.2) is 5.13 Å². The Balaban J connectivity index is 1.31. The van der Waals surface area contributed by atoms with Gasteiger partial charge in [0.1, 0.15) is 5.82 Å². The average molecular weight is 553 g/mol. The quantitative estimate of drug-likeness (QED) is 0.305. The fourth-order valence-electron chi connectivity index (χ4n) is 5.25. The molecule has 1 atom stereocenters. The molecule has 40 heavy (non-hydrogen) atoms. The monoisotopic (exact) mass is 552 g/mol. The Morgan fingerprint density at radius 1 is 1.10 bits per heavy atom. The maximum atomic E-state index is 13.9. The van der Waals surface area contributed by atoms with Crippen LogP contribution in [0.3, 0.4) is 0 Å². The minimum Gasteiger partial charge on any atom is -0.481 e. The summed E-state index contributed by atoms with van der Waals surface area (Å²) in [5.74, 6) is -1.16. The molecular formula is C31H28N4O4S. The Morgan fingerprint density at radius 3 is 2.55 bits per heavy atom. The van der Waals surface area contributed by atoms with Gasteiger partial charge in [-0.2, -0.15) is 0 Å². The summed E-state index contributed by atoms with van der Waals surface area (Å²) in [6.07, 6.45) is 3.97. The molecule has 1 aliphatic carbocycles. The highest BCUT2D eigenvalue weighted by Crippen LogP contribution is 2.40. The van der Waals surface area contributed by atoms with Crippen LogP contribution in [-0.2, 0) is 27.2 Å². The van der Waals surface area contributed by atoms with Gasteiger partial charge in [-0.15, -0.1) is 11.3 Å². The molecule has 1 N–H and O–H groups in total. The smallest absolute Gasteiger partial charge is 0.304 e. The van der Waals surface area contributed by atoms with E-state index in [4.69, 9.17) is 4.98 Å². The molecule has 0 saturated heterocycles. The number of thiazole rings is 1. The second kappa shape index (κ2) is 10.7. The highest BCUT2D eigenvalue weighted by Gasteiger charge is 2.39. The summed E-state index contributed by atoms with van der Waals surface area (Å²) in [5, 5.41) is 12.1. The fraction of sp³-hybridized carbons (Fsp3) is 0.258. The number of anilines is 2. The Morgan fingerprint density at radius 2 is 1.82 bits per heavy atom. The third kappa shape index (κ3) is 5.12. The first-order valence-electron chi connectivity index (χ1n) is 13.3. The van der Waals surface area contributed by atoms with Crippen molar-refractivity contribution in [3.63, 3.8) is 0 Å². The molecule has 0 radical (unpaired) electrons. The van der Waals surface area contributed by atoms with Gasteiger partial charge in [0, 0.05) is 41.4 Å². The summed E-state index contributed by atoms with van der Waals surface area (Å²) >= 11 is 1.40. The molecule has 9 heteroatoms. The standard InChI is InChI=1S/C31H28N4O4S/c1-34-27(36)15-20-14-22(17-32-29(20)34)24-9-5-6-10-25(24)26-18-40-31(33-26)35(23-11-12-23)30(39)21(16-28(37)38)13-19-7-3-2-4-8-19/h2-10,14,17-18,21,23H,11-13,15-16H2,1H3,(H,37,38). The zero-order chi connectivity index (χ0) is 27.8. The van der Waals surface area contributed by atoms with E-state index >= 15 is 0 Å². The van der Waals surface area contributed by atoms with E-state index in [9.17, 15) is 19.5 Å². The van der Waals surface area contributed by atoms with Gasteiger partial charge in [-0.3, -0.25) is 24.2 Å². The molecule has 1 fully saturated rings. The predicted octanol–water partition coefficient (Wildman–Crippen LogP) is 5.22. The van der Waals surface area contributed by atoms with Crippen LogP contribution in [0.15, 0.2) is 72.2 Å². The number of hydrogen-bond donors (Lipinski definition) is 1. The Labute approximate surface area is 235 Å². The number of pyridine rings is 1. The molecule has 6 rings (SSSR count). The van der Waals surface area contributed by atoms with Crippen molar-refractivity contribution in [2.75, 3.05) is 16.8 Å². The zero-order valence-corrected chi connectivity index (χ0v) is 22.8. The van der Waals surface area contributed by atoms with Crippen LogP contribution in [0.5, 0.6) is 0 Å². The summed E-state index contributed by atoms with van der Waals surface area (Å²) in [7, 11) is 1.74. The summed E-state index contributed by atoms with van der Waals surface area (Å²) in [6, 6.07) is 19.5. The van der Waals surface area contributed by atoms with Crippen LogP contribution < -0.4 is 9.80 Å². The van der Waals surface area contributed by atoms with Crippen LogP contribution in [0.4, 0.5) is 10.9 Å². The minimum absolute atomic E-state index is 0.0235. The van der Waals surface area contributed by atoms with E-state index < -0.39 is 11.9 Å². The van der Waals surface area contributed by atoms with E-state index in [-0.39, 0.29) is 24.3 Å². The lowest BCUT2D eigenvalue weighted by molar-refractivity contribution is -0.140. The first-order valence-corrected chi connectivity index (χ1v) is 14.2. The van der Waals surface area contributed by atoms with E-state index in [0.29, 0.717) is 23.8 Å². The first-order chi connectivity index (χ1) is 19.4. The van der Waals surface area contributed by atoms with E-state index in [0.717, 1.165) is 46.4 Å². The molecule has 2 aliphatic rings. The predicted molar refractivity (Wildman–Crippen MR) is 154 cm³/mol. The van der Waals surface area contributed by atoms with Gasteiger partial charge >= 0.3 is 5.97 Å². The lowest BCUT2D eigenvalue weighted by Gasteiger charge is -2.25. The highest BCUT2D eigenvalue weighted by molar-refractivity contribution is 7.14. The van der Waals surface area contributed by atoms with Crippen molar-refractivity contribution in [3.8, 4) is 22.4 Å². The number of benzene rings is 2. The Hall–Kier alpha value is -4.37. The van der Waals surface area contributed by atoms with E-state index in [1.807, 2.05) is 66.0 Å². The second-order valence-electron chi connectivity index (χ2n) is 10.3. The number of nitrogens with zero attached hydrogens (tertiary/aromatic N) is 4. The summed E-state index contributed by atoms with van der Waals surface area (Å²) in [5.41, 5.74) is 5.30. The number of aliphatic carboxylic acids is 1. The first kappa shape index (κ1) is 25.9. The third-order valence-corrected chi connectivity index (χ3v) is 8.27. The number of carbonyl (C=O) groups excluding carboxylic acids is 2. The second-order valence-corrected chi connectivity index (χ2v) is 11.2. The maximum Gasteiger partial charge on any atom is 0.304 e. The largest absolute Gasteiger partial charge is 0.481 e. The topological polar surface area (TPSA) is 104 Å². The molecule has 202 valence electrons. The van der Waals surface area contributed by atoms with Crippen molar-refractivity contribution < 1.29 is 19.5 Å². The van der Waals surface area contributed by atoms with Crippen molar-refractivity contribution in [2.45, 2.75) is 38.1 Å². The normalized spacial score (nSPS) is 15.1. The number of aromatic nitrogens is 2. The van der Waals surface area contributed by atoms with Gasteiger partial charge in [-0.1, -0.05) is 54.6 Å². The van der Waals surface area contributed by atoms with Crippen molar-refractivity contribution in [2.24, 2.45) is 5.92 Å². The van der Waals surface area contributed by atoms with Crippen LogP contribution in [0.1, 0.15) is 30.4 Å². The number of fused-ring (bicyclic) bond motifs is 1. The maximum absolute atomic E-state index is 13.9. The Bertz CT molecular complexity index is 1600. The molecule has 1 aliphatic heterocycles. The number of rotatable bonds is 9. The van der Waals surface area contributed by atoms with Crippen LogP contribution >= 0.6 is 11.3 Å². The van der Waals surface area contributed by atoms with E-state index in [1.165, 1.54) is 11.3 Å². The molecule has 1 saturated carbocycles. The van der Waals surface area contributed by atoms with Crippen LogP contribution in [0, 0.1) is 5.92 Å². The number of amides is 2. The van der Waals surface area contributed by atoms with E-state index in [2.05, 4.69) is 4.98 Å². The highest BCUT2D eigenvalue weighted by atomic mass is 32.1. The van der Waals surface area contributed by atoms with Crippen molar-refractivity contribution in [3.05, 3.63) is 83.4 Å². The average Bonchev–Trinajstić information content (AvgIpc) is 3.60. The zero-order valence-electron chi connectivity index (χ0n) is 22.0. The molecule has 8 nitrogen and oxygen atoms in total. The van der Waals surface area contributed by atoms with Gasteiger partial charge < -0.3 is 5.11 Å². The number of carboxylic acid groups (broad SMARTS) is 1. The van der Waals surface area contributed by atoms with Crippen molar-refractivity contribution in [1.29, 1.82) is 0 Å². The molecule has 0 bridgehead atoms. The van der Waals surface area contributed by atoms with Gasteiger partial charge in [0.05, 0.1) is 24.5 Å². The summed E-state index contributed by atoms with van der Waals surface area (Å²) in [4.78, 5) is 50.5. The SMILES string of the molecule is CN1C(=O)Cc2cc(-c3ccccc3-c3csc(N(C(=O)C(CC(=O)O)Cc4ccccc4)C4CC4)n3)cnc21. The Kier molecular flexibility index (Phi) is 6.89. The third-order valence-electron chi connectivity index (χ3n) is 7.43. The van der Waals surface area contributed by atoms with Crippen molar-refractivity contribution >= 4 is 40.1 Å². The van der Waals surface area contributed by atoms with E-state index in [1.54, 1.807) is 23.0 Å². The summed E-state index contributed by atoms with van der Waals surface area (Å²) in [6.45, 7) is 0. The van der Waals surface area contributed by atoms with Crippen LogP contribution in [0.2, 0.25) is 0 Å². The molecule has 0 spiro atoms. The molecule has 2 amide bonds. The van der Waals surface area contributed by atoms with Gasteiger partial charge in [-0.25, -0.2) is 9.97 Å². The molecule has 4 aromatic rings. The summed E-state index contributed by atoms with van der Waals surface area (Å²) < 4.78 is 0. The van der Waals surface area contributed by atoms with Crippen LogP contribution in [-0.4, -0.2) is 45.9 Å². The number of carbonyl (C=O) groups is 3. The molecule has 2 aromatic heterocycles. The molecule has 3 heterocycles. The number of likely N-dealkylation sites (N-methyl/N-ethyl adjacent to an activating group) is 1. The fourth-order valence-corrected chi connectivity index (χ4v) is 6.16. The molecule has 2 aromatic carbocycles. The number of hydrogen-bond acceptors (Lipinski definition) is 6. The van der Waals surface area contributed by atoms with Gasteiger partial charge in [0.25, 0.3) is 0 Å². The minimum atomic E-state index is -0.991. The lowest BCUT2D eigenvalue weighted by Crippen LogP contribution is -2.39. The van der Waals surface area contributed by atoms with Gasteiger partial charge in [-0.05, 0) is 36.5 Å². The van der Waals surface area contributed by atoms with Gasteiger partial charge in [0.2, 0.25) is 11.8 Å². The van der Waals surface area contributed by atoms with Crippen LogP contribution in [0.25, 0.3) is 22.4 Å².